The molecule has 0 aliphatic rings. The third-order valence-corrected chi connectivity index (χ3v) is 3.17. The molecule has 0 fully saturated rings. The van der Waals surface area contributed by atoms with Crippen LogP contribution in [-0.2, 0) is 6.54 Å². The van der Waals surface area contributed by atoms with Gasteiger partial charge in [0.05, 0.1) is 0 Å². The summed E-state index contributed by atoms with van der Waals surface area (Å²) in [5.74, 6) is 0.721. The van der Waals surface area contributed by atoms with E-state index in [1.165, 1.54) is 0 Å². The van der Waals surface area contributed by atoms with Crippen LogP contribution in [0.2, 0.25) is 0 Å². The molecule has 0 aromatic carbocycles. The lowest BCUT2D eigenvalue weighted by Crippen LogP contribution is -2.11. The van der Waals surface area contributed by atoms with Crippen LogP contribution in [0.1, 0.15) is 17.0 Å². The second-order valence-electron chi connectivity index (χ2n) is 4.12. The third-order valence-electron chi connectivity index (χ3n) is 2.74. The van der Waals surface area contributed by atoms with Crippen LogP contribution < -0.4 is 5.32 Å². The molecule has 0 saturated carbocycles. The van der Waals surface area contributed by atoms with Crippen molar-refractivity contribution in [2.24, 2.45) is 0 Å². The Bertz CT molecular complexity index is 546. The smallest absolute Gasteiger partial charge is 0.161 e. The molecule has 0 amide bonds. The summed E-state index contributed by atoms with van der Waals surface area (Å²) < 4.78 is 0.929. The van der Waals surface area contributed by atoms with Crippen molar-refractivity contribution >= 4 is 15.9 Å². The molecule has 0 aliphatic heterocycles. The summed E-state index contributed by atoms with van der Waals surface area (Å²) in [6.07, 6.45) is 3.52. The summed E-state index contributed by atoms with van der Waals surface area (Å²) in [7, 11) is 1.92. The van der Waals surface area contributed by atoms with Gasteiger partial charge < -0.3 is 5.32 Å². The van der Waals surface area contributed by atoms with E-state index in [2.05, 4.69) is 36.2 Å². The summed E-state index contributed by atoms with van der Waals surface area (Å²) in [5, 5.41) is 3.13. The van der Waals surface area contributed by atoms with E-state index in [1.54, 1.807) is 12.4 Å². The predicted octanol–water partition coefficient (Wildman–Crippen LogP) is 2.64. The molecule has 2 heterocycles. The first kappa shape index (κ1) is 13.1. The second kappa shape index (κ2) is 5.54. The maximum atomic E-state index is 4.55. The SMILES string of the molecule is CNCc1c(C)nc(-c2cncc(Br)c2)nc1C. The van der Waals surface area contributed by atoms with E-state index in [0.29, 0.717) is 0 Å². The van der Waals surface area contributed by atoms with Gasteiger partial charge in [-0.15, -0.1) is 0 Å². The van der Waals surface area contributed by atoms with Crippen LogP contribution in [-0.4, -0.2) is 22.0 Å². The molecular weight excluding hydrogens is 292 g/mol. The number of nitrogens with zero attached hydrogens (tertiary/aromatic N) is 3. The molecule has 4 nitrogen and oxygen atoms in total. The fourth-order valence-electron chi connectivity index (χ4n) is 1.84. The van der Waals surface area contributed by atoms with Crippen molar-refractivity contribution in [3.05, 3.63) is 39.9 Å². The lowest BCUT2D eigenvalue weighted by Gasteiger charge is -2.10. The fourth-order valence-corrected chi connectivity index (χ4v) is 2.20. The summed E-state index contributed by atoms with van der Waals surface area (Å²) in [6.45, 7) is 4.81. The Morgan fingerprint density at radius 2 is 1.83 bits per heavy atom. The minimum atomic E-state index is 0.721. The Morgan fingerprint density at radius 3 is 2.39 bits per heavy atom. The molecule has 2 aromatic heterocycles. The highest BCUT2D eigenvalue weighted by molar-refractivity contribution is 9.10. The number of rotatable bonds is 3. The molecule has 5 heteroatoms. The quantitative estimate of drug-likeness (QED) is 0.947. The van der Waals surface area contributed by atoms with E-state index < -0.39 is 0 Å². The molecule has 2 aromatic rings. The van der Waals surface area contributed by atoms with Crippen molar-refractivity contribution in [2.45, 2.75) is 20.4 Å². The van der Waals surface area contributed by atoms with Gasteiger partial charge in [-0.25, -0.2) is 9.97 Å². The molecule has 18 heavy (non-hydrogen) atoms. The Labute approximate surface area is 115 Å². The lowest BCUT2D eigenvalue weighted by molar-refractivity contribution is 0.787. The highest BCUT2D eigenvalue weighted by Crippen LogP contribution is 2.20. The molecular formula is C13H15BrN4. The Kier molecular flexibility index (Phi) is 4.04. The molecule has 1 N–H and O–H groups in total. The maximum Gasteiger partial charge on any atom is 0.161 e. The van der Waals surface area contributed by atoms with E-state index in [1.807, 2.05) is 27.0 Å². The number of nitrogens with one attached hydrogen (secondary N) is 1. The van der Waals surface area contributed by atoms with Crippen molar-refractivity contribution in [2.75, 3.05) is 7.05 Å². The van der Waals surface area contributed by atoms with Crippen molar-refractivity contribution in [1.29, 1.82) is 0 Å². The van der Waals surface area contributed by atoms with Gasteiger partial charge in [0.1, 0.15) is 0 Å². The van der Waals surface area contributed by atoms with Crippen molar-refractivity contribution in [3.8, 4) is 11.4 Å². The first-order valence-electron chi connectivity index (χ1n) is 5.71. The molecule has 0 radical (unpaired) electrons. The molecule has 0 bridgehead atoms. The van der Waals surface area contributed by atoms with Crippen LogP contribution >= 0.6 is 15.9 Å². The van der Waals surface area contributed by atoms with Gasteiger partial charge in [0.25, 0.3) is 0 Å². The minimum Gasteiger partial charge on any atom is -0.316 e. The van der Waals surface area contributed by atoms with Crippen LogP contribution in [0.25, 0.3) is 11.4 Å². The highest BCUT2D eigenvalue weighted by atomic mass is 79.9. The van der Waals surface area contributed by atoms with Gasteiger partial charge >= 0.3 is 0 Å². The molecule has 0 unspecified atom stereocenters. The van der Waals surface area contributed by atoms with Gasteiger partial charge in [0.15, 0.2) is 5.82 Å². The zero-order chi connectivity index (χ0) is 13.1. The molecule has 0 atom stereocenters. The van der Waals surface area contributed by atoms with Crippen LogP contribution in [0, 0.1) is 13.8 Å². The zero-order valence-electron chi connectivity index (χ0n) is 10.7. The van der Waals surface area contributed by atoms with Gasteiger partial charge in [0.2, 0.25) is 0 Å². The Balaban J connectivity index is 2.48. The first-order valence-corrected chi connectivity index (χ1v) is 6.50. The average Bonchev–Trinajstić information content (AvgIpc) is 2.33. The second-order valence-corrected chi connectivity index (χ2v) is 5.03. The summed E-state index contributed by atoms with van der Waals surface area (Å²) in [6, 6.07) is 1.97. The van der Waals surface area contributed by atoms with Gasteiger partial charge in [0, 0.05) is 45.9 Å². The zero-order valence-corrected chi connectivity index (χ0v) is 12.2. The monoisotopic (exact) mass is 306 g/mol. The summed E-state index contributed by atoms with van der Waals surface area (Å²) >= 11 is 3.41. The predicted molar refractivity (Wildman–Crippen MR) is 75.2 cm³/mol. The number of pyridine rings is 1. The third kappa shape index (κ3) is 2.73. The molecule has 0 saturated heterocycles. The molecule has 2 rings (SSSR count). The normalized spacial score (nSPS) is 10.7. The van der Waals surface area contributed by atoms with E-state index in [-0.39, 0.29) is 0 Å². The number of hydrogen-bond acceptors (Lipinski definition) is 4. The average molecular weight is 307 g/mol. The molecule has 0 aliphatic carbocycles. The standard InChI is InChI=1S/C13H15BrN4/c1-8-12(7-15-3)9(2)18-13(17-8)10-4-11(14)6-16-5-10/h4-6,15H,7H2,1-3H3. The summed E-state index contributed by atoms with van der Waals surface area (Å²) in [5.41, 5.74) is 4.09. The Morgan fingerprint density at radius 1 is 1.17 bits per heavy atom. The number of aromatic nitrogens is 3. The number of hydrogen-bond donors (Lipinski definition) is 1. The number of aryl methyl sites for hydroxylation is 2. The van der Waals surface area contributed by atoms with Gasteiger partial charge in [-0.2, -0.15) is 0 Å². The summed E-state index contributed by atoms with van der Waals surface area (Å²) in [4.78, 5) is 13.2. The Hall–Kier alpha value is -1.33. The maximum absolute atomic E-state index is 4.55. The van der Waals surface area contributed by atoms with Gasteiger partial charge in [-0.05, 0) is 42.9 Å². The van der Waals surface area contributed by atoms with Crippen LogP contribution in [0.15, 0.2) is 22.9 Å². The van der Waals surface area contributed by atoms with Gasteiger partial charge in [-0.3, -0.25) is 4.98 Å². The molecule has 0 spiro atoms. The fraction of sp³-hybridized carbons (Fsp3) is 0.308. The van der Waals surface area contributed by atoms with Crippen molar-refractivity contribution < 1.29 is 0 Å². The van der Waals surface area contributed by atoms with E-state index in [4.69, 9.17) is 0 Å². The lowest BCUT2D eigenvalue weighted by atomic mass is 10.1. The molecule has 94 valence electrons. The number of halogens is 1. The van der Waals surface area contributed by atoms with Crippen molar-refractivity contribution in [1.82, 2.24) is 20.3 Å². The van der Waals surface area contributed by atoms with E-state index >= 15 is 0 Å². The van der Waals surface area contributed by atoms with Crippen LogP contribution in [0.4, 0.5) is 0 Å². The highest BCUT2D eigenvalue weighted by Gasteiger charge is 2.09. The van der Waals surface area contributed by atoms with Crippen LogP contribution in [0.3, 0.4) is 0 Å². The van der Waals surface area contributed by atoms with Crippen LogP contribution in [0.5, 0.6) is 0 Å². The van der Waals surface area contributed by atoms with Crippen molar-refractivity contribution in [3.63, 3.8) is 0 Å². The van der Waals surface area contributed by atoms with Gasteiger partial charge in [-0.1, -0.05) is 0 Å². The first-order chi connectivity index (χ1) is 8.61. The van der Waals surface area contributed by atoms with E-state index in [9.17, 15) is 0 Å². The van der Waals surface area contributed by atoms with E-state index in [0.717, 1.165) is 39.4 Å². The largest absolute Gasteiger partial charge is 0.316 e. The minimum absolute atomic E-state index is 0.721. The topological polar surface area (TPSA) is 50.7 Å².